The van der Waals surface area contributed by atoms with Crippen LogP contribution in [0.25, 0.3) is 0 Å². The standard InChI is InChI=1S/C21H33NO2Si/c1-20(2,3)18-11-15(14-22)9-10-19(18)23-16-12-17(13-16)24-25(7,8)21(4,5)6/h9-11,16-17H,12-13H2,1-8H3/t16-,17-. The van der Waals surface area contributed by atoms with E-state index in [4.69, 9.17) is 14.4 Å². The van der Waals surface area contributed by atoms with Crippen LogP contribution in [0.15, 0.2) is 18.2 Å². The van der Waals surface area contributed by atoms with Gasteiger partial charge in [0.25, 0.3) is 0 Å². The zero-order valence-electron chi connectivity index (χ0n) is 17.1. The Labute approximate surface area is 154 Å². The van der Waals surface area contributed by atoms with Gasteiger partial charge in [0, 0.05) is 18.4 Å². The van der Waals surface area contributed by atoms with Crippen molar-refractivity contribution in [1.29, 1.82) is 5.26 Å². The number of hydrogen-bond acceptors (Lipinski definition) is 3. The van der Waals surface area contributed by atoms with Gasteiger partial charge >= 0.3 is 0 Å². The predicted octanol–water partition coefficient (Wildman–Crippen LogP) is 5.79. The van der Waals surface area contributed by atoms with Crippen LogP contribution in [-0.2, 0) is 9.84 Å². The molecule has 0 unspecified atom stereocenters. The maximum absolute atomic E-state index is 9.16. The molecule has 138 valence electrons. The van der Waals surface area contributed by atoms with Crippen LogP contribution in [0.5, 0.6) is 5.75 Å². The van der Waals surface area contributed by atoms with E-state index in [9.17, 15) is 0 Å². The summed E-state index contributed by atoms with van der Waals surface area (Å²) in [5.41, 5.74) is 1.73. The van der Waals surface area contributed by atoms with Crippen molar-refractivity contribution in [3.8, 4) is 11.8 Å². The molecule has 0 atom stereocenters. The smallest absolute Gasteiger partial charge is 0.192 e. The van der Waals surface area contributed by atoms with E-state index in [1.165, 1.54) is 0 Å². The Bertz CT molecular complexity index is 656. The maximum atomic E-state index is 9.16. The van der Waals surface area contributed by atoms with Gasteiger partial charge in [0.1, 0.15) is 11.9 Å². The molecule has 0 N–H and O–H groups in total. The molecule has 25 heavy (non-hydrogen) atoms. The van der Waals surface area contributed by atoms with Gasteiger partial charge in [-0.05, 0) is 41.7 Å². The highest BCUT2D eigenvalue weighted by molar-refractivity contribution is 6.74. The molecule has 0 spiro atoms. The summed E-state index contributed by atoms with van der Waals surface area (Å²) in [6, 6.07) is 7.97. The third kappa shape index (κ3) is 4.65. The van der Waals surface area contributed by atoms with Gasteiger partial charge in [0.15, 0.2) is 8.32 Å². The van der Waals surface area contributed by atoms with Crippen LogP contribution in [0.4, 0.5) is 0 Å². The van der Waals surface area contributed by atoms with E-state index in [0.717, 1.165) is 24.2 Å². The van der Waals surface area contributed by atoms with Crippen molar-refractivity contribution < 1.29 is 9.16 Å². The van der Waals surface area contributed by atoms with Crippen molar-refractivity contribution in [2.24, 2.45) is 0 Å². The highest BCUT2D eigenvalue weighted by Crippen LogP contribution is 2.41. The summed E-state index contributed by atoms with van der Waals surface area (Å²) in [6.07, 6.45) is 2.44. The van der Waals surface area contributed by atoms with Gasteiger partial charge in [-0.25, -0.2) is 0 Å². The van der Waals surface area contributed by atoms with E-state index >= 15 is 0 Å². The fraction of sp³-hybridized carbons (Fsp3) is 0.667. The Kier molecular flexibility index (Phi) is 5.42. The van der Waals surface area contributed by atoms with Crippen LogP contribution in [0.1, 0.15) is 65.5 Å². The minimum atomic E-state index is -1.70. The maximum Gasteiger partial charge on any atom is 0.192 e. The van der Waals surface area contributed by atoms with Crippen LogP contribution >= 0.6 is 0 Å². The molecule has 0 aliphatic heterocycles. The number of hydrogen-bond donors (Lipinski definition) is 0. The van der Waals surface area contributed by atoms with E-state index in [1.807, 2.05) is 18.2 Å². The molecule has 0 radical (unpaired) electrons. The fourth-order valence-electron chi connectivity index (χ4n) is 2.77. The van der Waals surface area contributed by atoms with E-state index in [0.29, 0.717) is 11.7 Å². The summed E-state index contributed by atoms with van der Waals surface area (Å²) in [7, 11) is -1.70. The lowest BCUT2D eigenvalue weighted by Gasteiger charge is -2.44. The van der Waals surface area contributed by atoms with Gasteiger partial charge in [-0.1, -0.05) is 41.5 Å². The Balaban J connectivity index is 2.01. The Hall–Kier alpha value is -1.31. The normalized spacial score (nSPS) is 21.4. The molecule has 1 aromatic carbocycles. The SMILES string of the molecule is CC(C)(C)c1cc(C#N)ccc1O[C@H]1C[C@H](O[Si](C)(C)C(C)(C)C)C1. The Morgan fingerprint density at radius 3 is 2.12 bits per heavy atom. The van der Waals surface area contributed by atoms with Crippen LogP contribution in [0, 0.1) is 11.3 Å². The first kappa shape index (κ1) is 20.0. The molecule has 0 bridgehead atoms. The molecular weight excluding hydrogens is 326 g/mol. The van der Waals surface area contributed by atoms with Crippen LogP contribution < -0.4 is 4.74 Å². The average Bonchev–Trinajstić information content (AvgIpc) is 2.42. The quantitative estimate of drug-likeness (QED) is 0.639. The molecule has 0 aromatic heterocycles. The number of nitriles is 1. The minimum Gasteiger partial charge on any atom is -0.490 e. The van der Waals surface area contributed by atoms with Gasteiger partial charge in [0.05, 0.1) is 17.7 Å². The topological polar surface area (TPSA) is 42.2 Å². The second-order valence-electron chi connectivity index (χ2n) is 9.78. The molecule has 0 heterocycles. The first-order chi connectivity index (χ1) is 11.3. The largest absolute Gasteiger partial charge is 0.490 e. The lowest BCUT2D eigenvalue weighted by molar-refractivity contribution is -0.00390. The number of rotatable bonds is 4. The summed E-state index contributed by atoms with van der Waals surface area (Å²) in [5.74, 6) is 0.905. The molecular formula is C21H33NO2Si. The molecule has 3 nitrogen and oxygen atoms in total. The molecule has 0 amide bonds. The van der Waals surface area contributed by atoms with Gasteiger partial charge < -0.3 is 9.16 Å². The highest BCUT2D eigenvalue weighted by atomic mass is 28.4. The van der Waals surface area contributed by atoms with Crippen molar-refractivity contribution in [3.63, 3.8) is 0 Å². The lowest BCUT2D eigenvalue weighted by Crippen LogP contribution is -2.50. The predicted molar refractivity (Wildman–Crippen MR) is 106 cm³/mol. The van der Waals surface area contributed by atoms with Crippen molar-refractivity contribution in [1.82, 2.24) is 0 Å². The average molecular weight is 360 g/mol. The monoisotopic (exact) mass is 359 g/mol. The molecule has 1 saturated carbocycles. The first-order valence-electron chi connectivity index (χ1n) is 9.22. The Morgan fingerprint density at radius 2 is 1.64 bits per heavy atom. The third-order valence-electron chi connectivity index (χ3n) is 5.53. The zero-order valence-corrected chi connectivity index (χ0v) is 18.1. The van der Waals surface area contributed by atoms with Crippen molar-refractivity contribution in [3.05, 3.63) is 29.3 Å². The van der Waals surface area contributed by atoms with Crippen molar-refractivity contribution in [2.75, 3.05) is 0 Å². The lowest BCUT2D eigenvalue weighted by atomic mass is 9.85. The van der Waals surface area contributed by atoms with Crippen molar-refractivity contribution >= 4 is 8.32 Å². The van der Waals surface area contributed by atoms with Gasteiger partial charge in [-0.2, -0.15) is 5.26 Å². The second kappa shape index (κ2) is 6.77. The summed E-state index contributed by atoms with van der Waals surface area (Å²) in [6.45, 7) is 17.9. The second-order valence-corrected chi connectivity index (χ2v) is 14.5. The van der Waals surface area contributed by atoms with E-state index in [-0.39, 0.29) is 16.6 Å². The van der Waals surface area contributed by atoms with Crippen LogP contribution in [0.3, 0.4) is 0 Å². The summed E-state index contributed by atoms with van der Waals surface area (Å²) < 4.78 is 12.7. The molecule has 4 heteroatoms. The molecule has 0 saturated heterocycles. The van der Waals surface area contributed by atoms with E-state index in [2.05, 4.69) is 60.7 Å². The zero-order chi connectivity index (χ0) is 19.0. The fourth-order valence-corrected chi connectivity index (χ4v) is 4.15. The first-order valence-corrected chi connectivity index (χ1v) is 12.1. The summed E-state index contributed by atoms with van der Waals surface area (Å²) in [4.78, 5) is 0. The molecule has 1 fully saturated rings. The number of ether oxygens (including phenoxy) is 1. The third-order valence-corrected chi connectivity index (χ3v) is 10.1. The molecule has 1 aliphatic carbocycles. The van der Waals surface area contributed by atoms with E-state index < -0.39 is 8.32 Å². The highest BCUT2D eigenvalue weighted by Gasteiger charge is 2.43. The van der Waals surface area contributed by atoms with Crippen LogP contribution in [0.2, 0.25) is 18.1 Å². The summed E-state index contributed by atoms with van der Waals surface area (Å²) in [5, 5.41) is 9.40. The number of nitrogens with zero attached hydrogens (tertiary/aromatic N) is 1. The van der Waals surface area contributed by atoms with Crippen molar-refractivity contribution in [2.45, 2.75) is 90.1 Å². The van der Waals surface area contributed by atoms with Gasteiger partial charge in [0.2, 0.25) is 0 Å². The molecule has 1 aliphatic rings. The minimum absolute atomic E-state index is 0.0526. The molecule has 2 rings (SSSR count). The molecule has 1 aromatic rings. The van der Waals surface area contributed by atoms with Gasteiger partial charge in [-0.15, -0.1) is 0 Å². The summed E-state index contributed by atoms with van der Waals surface area (Å²) >= 11 is 0. The van der Waals surface area contributed by atoms with E-state index in [1.54, 1.807) is 0 Å². The van der Waals surface area contributed by atoms with Crippen LogP contribution in [-0.4, -0.2) is 20.5 Å². The van der Waals surface area contributed by atoms with Gasteiger partial charge in [-0.3, -0.25) is 0 Å². The Morgan fingerprint density at radius 1 is 1.04 bits per heavy atom. The number of benzene rings is 1.